The predicted molar refractivity (Wildman–Crippen MR) is 66.6 cm³/mol. The van der Waals surface area contributed by atoms with Crippen molar-refractivity contribution in [3.63, 3.8) is 0 Å². The number of amides is 2. The summed E-state index contributed by atoms with van der Waals surface area (Å²) in [5.41, 5.74) is 1.08. The number of hydrogen-bond donors (Lipinski definition) is 4. The summed E-state index contributed by atoms with van der Waals surface area (Å²) in [6.07, 6.45) is 0. The minimum atomic E-state index is -0.693. The summed E-state index contributed by atoms with van der Waals surface area (Å²) in [5.74, 6) is -0.0494. The van der Waals surface area contributed by atoms with E-state index in [9.17, 15) is 9.59 Å². The molecule has 0 aromatic heterocycles. The summed E-state index contributed by atoms with van der Waals surface area (Å²) in [7, 11) is 0. The second kappa shape index (κ2) is 6.73. The van der Waals surface area contributed by atoms with Gasteiger partial charge in [0.1, 0.15) is 0 Å². The number of Topliss-reactive ketones (excluding diaryl/α,β-unsaturated/α-hetero) is 1. The van der Waals surface area contributed by atoms with Gasteiger partial charge in [-0.2, -0.15) is 0 Å². The molecule has 0 atom stereocenters. The Bertz CT molecular complexity index is 413. The number of urea groups is 1. The van der Waals surface area contributed by atoms with Gasteiger partial charge in [0.15, 0.2) is 5.78 Å². The standard InChI is InChI=1S/C12H16N2O4/c1-8(17)9-2-4-10(5-3-9)13-12(18)14-11(6-15)7-16/h2-5,11,15-16H,6-7H2,1H3,(H2,13,14,18). The van der Waals surface area contributed by atoms with Gasteiger partial charge >= 0.3 is 6.03 Å². The van der Waals surface area contributed by atoms with E-state index in [4.69, 9.17) is 10.2 Å². The minimum Gasteiger partial charge on any atom is -0.394 e. The molecule has 0 spiro atoms. The minimum absolute atomic E-state index is 0.0494. The molecule has 1 aromatic rings. The first kappa shape index (κ1) is 14.1. The molecule has 0 aliphatic carbocycles. The molecule has 4 N–H and O–H groups in total. The molecule has 6 heteroatoms. The van der Waals surface area contributed by atoms with Crippen molar-refractivity contribution in [2.45, 2.75) is 13.0 Å². The molecule has 1 aromatic carbocycles. The summed E-state index contributed by atoms with van der Waals surface area (Å²) >= 11 is 0. The highest BCUT2D eigenvalue weighted by Gasteiger charge is 2.09. The van der Waals surface area contributed by atoms with Crippen LogP contribution in [-0.4, -0.2) is 41.3 Å². The lowest BCUT2D eigenvalue weighted by Crippen LogP contribution is -2.42. The van der Waals surface area contributed by atoms with Gasteiger partial charge in [0.25, 0.3) is 0 Å². The van der Waals surface area contributed by atoms with Crippen LogP contribution in [0.2, 0.25) is 0 Å². The number of carbonyl (C=O) groups is 2. The van der Waals surface area contributed by atoms with Crippen LogP contribution in [0, 0.1) is 0 Å². The summed E-state index contributed by atoms with van der Waals surface area (Å²) < 4.78 is 0. The Balaban J connectivity index is 2.56. The van der Waals surface area contributed by atoms with Crippen molar-refractivity contribution in [1.82, 2.24) is 5.32 Å². The molecule has 18 heavy (non-hydrogen) atoms. The van der Waals surface area contributed by atoms with Crippen molar-refractivity contribution in [2.75, 3.05) is 18.5 Å². The molecular formula is C12H16N2O4. The quantitative estimate of drug-likeness (QED) is 0.569. The Morgan fingerprint density at radius 3 is 2.17 bits per heavy atom. The zero-order chi connectivity index (χ0) is 13.5. The number of ketones is 1. The molecule has 0 radical (unpaired) electrons. The van der Waals surface area contributed by atoms with E-state index >= 15 is 0 Å². The van der Waals surface area contributed by atoms with Gasteiger partial charge < -0.3 is 20.8 Å². The molecule has 98 valence electrons. The van der Waals surface area contributed by atoms with Gasteiger partial charge in [-0.05, 0) is 31.2 Å². The van der Waals surface area contributed by atoms with Gasteiger partial charge in [0.05, 0.1) is 19.3 Å². The Morgan fingerprint density at radius 1 is 1.17 bits per heavy atom. The van der Waals surface area contributed by atoms with E-state index in [1.54, 1.807) is 24.3 Å². The fraction of sp³-hybridized carbons (Fsp3) is 0.333. The smallest absolute Gasteiger partial charge is 0.319 e. The second-order valence-electron chi connectivity index (χ2n) is 3.79. The summed E-state index contributed by atoms with van der Waals surface area (Å²) in [6, 6.07) is 5.19. The number of rotatable bonds is 5. The SMILES string of the molecule is CC(=O)c1ccc(NC(=O)NC(CO)CO)cc1. The van der Waals surface area contributed by atoms with Crippen LogP contribution in [-0.2, 0) is 0 Å². The van der Waals surface area contributed by atoms with Crippen LogP contribution in [0.25, 0.3) is 0 Å². The summed E-state index contributed by atoms with van der Waals surface area (Å²) in [6.45, 7) is 0.780. The zero-order valence-corrected chi connectivity index (χ0v) is 10.0. The number of aliphatic hydroxyl groups is 2. The Labute approximate surface area is 105 Å². The molecular weight excluding hydrogens is 236 g/mol. The van der Waals surface area contributed by atoms with E-state index in [-0.39, 0.29) is 19.0 Å². The fourth-order valence-electron chi connectivity index (χ4n) is 1.29. The number of anilines is 1. The Kier molecular flexibility index (Phi) is 5.29. The Morgan fingerprint density at radius 2 is 1.72 bits per heavy atom. The Hall–Kier alpha value is -1.92. The van der Waals surface area contributed by atoms with Crippen LogP contribution in [0.15, 0.2) is 24.3 Å². The van der Waals surface area contributed by atoms with Crippen LogP contribution >= 0.6 is 0 Å². The highest BCUT2D eigenvalue weighted by Crippen LogP contribution is 2.09. The monoisotopic (exact) mass is 252 g/mol. The van der Waals surface area contributed by atoms with Crippen LogP contribution in [0.5, 0.6) is 0 Å². The van der Waals surface area contributed by atoms with E-state index in [0.717, 1.165) is 0 Å². The van der Waals surface area contributed by atoms with Crippen molar-refractivity contribution in [3.8, 4) is 0 Å². The maximum Gasteiger partial charge on any atom is 0.319 e. The van der Waals surface area contributed by atoms with E-state index in [0.29, 0.717) is 11.3 Å². The van der Waals surface area contributed by atoms with E-state index < -0.39 is 12.1 Å². The molecule has 0 unspecified atom stereocenters. The predicted octanol–water partition coefficient (Wildman–Crippen LogP) is 0.364. The lowest BCUT2D eigenvalue weighted by Gasteiger charge is -2.14. The highest BCUT2D eigenvalue weighted by molar-refractivity contribution is 5.95. The lowest BCUT2D eigenvalue weighted by atomic mass is 10.1. The van der Waals surface area contributed by atoms with E-state index in [1.165, 1.54) is 6.92 Å². The third kappa shape index (κ3) is 4.15. The second-order valence-corrected chi connectivity index (χ2v) is 3.79. The first-order valence-corrected chi connectivity index (χ1v) is 5.47. The van der Waals surface area contributed by atoms with Gasteiger partial charge in [-0.15, -0.1) is 0 Å². The maximum atomic E-state index is 11.4. The molecule has 0 bridgehead atoms. The number of carbonyl (C=O) groups excluding carboxylic acids is 2. The average Bonchev–Trinajstić information content (AvgIpc) is 2.36. The first-order valence-electron chi connectivity index (χ1n) is 5.47. The van der Waals surface area contributed by atoms with Crippen molar-refractivity contribution >= 4 is 17.5 Å². The number of nitrogens with one attached hydrogen (secondary N) is 2. The molecule has 2 amide bonds. The number of benzene rings is 1. The molecule has 0 saturated carbocycles. The molecule has 0 fully saturated rings. The van der Waals surface area contributed by atoms with Gasteiger partial charge in [0.2, 0.25) is 0 Å². The van der Waals surface area contributed by atoms with Crippen LogP contribution < -0.4 is 10.6 Å². The zero-order valence-electron chi connectivity index (χ0n) is 10.0. The van der Waals surface area contributed by atoms with E-state index in [1.807, 2.05) is 0 Å². The largest absolute Gasteiger partial charge is 0.394 e. The topological polar surface area (TPSA) is 98.7 Å². The molecule has 0 saturated heterocycles. The molecule has 0 aliphatic rings. The third-order valence-corrected chi connectivity index (χ3v) is 2.33. The molecule has 1 rings (SSSR count). The molecule has 0 heterocycles. The fourth-order valence-corrected chi connectivity index (χ4v) is 1.29. The van der Waals surface area contributed by atoms with Gasteiger partial charge in [0, 0.05) is 11.3 Å². The van der Waals surface area contributed by atoms with Crippen molar-refractivity contribution in [2.24, 2.45) is 0 Å². The van der Waals surface area contributed by atoms with Crippen LogP contribution in [0.3, 0.4) is 0 Å². The normalized spacial score (nSPS) is 10.2. The highest BCUT2D eigenvalue weighted by atomic mass is 16.3. The van der Waals surface area contributed by atoms with Crippen LogP contribution in [0.4, 0.5) is 10.5 Å². The summed E-state index contributed by atoms with van der Waals surface area (Å²) in [5, 5.41) is 22.5. The van der Waals surface area contributed by atoms with Crippen molar-refractivity contribution < 1.29 is 19.8 Å². The van der Waals surface area contributed by atoms with Crippen molar-refractivity contribution in [3.05, 3.63) is 29.8 Å². The van der Waals surface area contributed by atoms with E-state index in [2.05, 4.69) is 10.6 Å². The first-order chi connectivity index (χ1) is 8.56. The van der Waals surface area contributed by atoms with Gasteiger partial charge in [-0.1, -0.05) is 0 Å². The molecule has 6 nitrogen and oxygen atoms in total. The van der Waals surface area contributed by atoms with Gasteiger partial charge in [-0.25, -0.2) is 4.79 Å². The average molecular weight is 252 g/mol. The van der Waals surface area contributed by atoms with Crippen molar-refractivity contribution in [1.29, 1.82) is 0 Å². The number of aliphatic hydroxyl groups excluding tert-OH is 2. The van der Waals surface area contributed by atoms with Gasteiger partial charge in [-0.3, -0.25) is 4.79 Å². The molecule has 0 aliphatic heterocycles. The maximum absolute atomic E-state index is 11.4. The third-order valence-electron chi connectivity index (χ3n) is 2.33. The number of hydrogen-bond acceptors (Lipinski definition) is 4. The summed E-state index contributed by atoms with van der Waals surface area (Å²) in [4.78, 5) is 22.5. The lowest BCUT2D eigenvalue weighted by molar-refractivity contribution is 0.101. The van der Waals surface area contributed by atoms with Crippen LogP contribution in [0.1, 0.15) is 17.3 Å².